The molecule has 2 atom stereocenters. The van der Waals surface area contributed by atoms with E-state index < -0.39 is 12.0 Å². The highest BCUT2D eigenvalue weighted by Crippen LogP contribution is 2.20. The fourth-order valence-corrected chi connectivity index (χ4v) is 2.04. The summed E-state index contributed by atoms with van der Waals surface area (Å²) in [5.41, 5.74) is 1.03. The van der Waals surface area contributed by atoms with Crippen LogP contribution in [-0.2, 0) is 20.7 Å². The first-order valence-corrected chi connectivity index (χ1v) is 5.72. The zero-order valence-corrected chi connectivity index (χ0v) is 9.68. The van der Waals surface area contributed by atoms with Crippen LogP contribution in [0.2, 0.25) is 0 Å². The SMILES string of the molecule is CCOC1C(=O)NC(=O)C1Cc1ccccc1. The van der Waals surface area contributed by atoms with Crippen molar-refractivity contribution in [2.24, 2.45) is 5.92 Å². The van der Waals surface area contributed by atoms with Gasteiger partial charge in [0.25, 0.3) is 5.91 Å². The molecular formula is C13H15NO3. The van der Waals surface area contributed by atoms with Crippen LogP contribution in [0.3, 0.4) is 0 Å². The monoisotopic (exact) mass is 233 g/mol. The molecule has 1 saturated heterocycles. The molecule has 4 nitrogen and oxygen atoms in total. The lowest BCUT2D eigenvalue weighted by molar-refractivity contribution is -0.130. The van der Waals surface area contributed by atoms with Crippen LogP contribution in [0.25, 0.3) is 0 Å². The van der Waals surface area contributed by atoms with E-state index in [2.05, 4.69) is 5.32 Å². The summed E-state index contributed by atoms with van der Waals surface area (Å²) in [6.07, 6.45) is -0.115. The Kier molecular flexibility index (Phi) is 3.54. The fraction of sp³-hybridized carbons (Fsp3) is 0.385. The van der Waals surface area contributed by atoms with Crippen LogP contribution in [0.1, 0.15) is 12.5 Å². The lowest BCUT2D eigenvalue weighted by Gasteiger charge is -2.15. The molecule has 4 heteroatoms. The van der Waals surface area contributed by atoms with E-state index in [0.29, 0.717) is 13.0 Å². The summed E-state index contributed by atoms with van der Waals surface area (Å²) in [7, 11) is 0. The third-order valence-corrected chi connectivity index (χ3v) is 2.85. The molecule has 0 saturated carbocycles. The van der Waals surface area contributed by atoms with Crippen LogP contribution in [0.5, 0.6) is 0 Å². The Labute approximate surface area is 100.0 Å². The third kappa shape index (κ3) is 2.53. The number of hydrogen-bond acceptors (Lipinski definition) is 3. The van der Waals surface area contributed by atoms with Crippen LogP contribution < -0.4 is 5.32 Å². The van der Waals surface area contributed by atoms with Crippen molar-refractivity contribution in [3.8, 4) is 0 Å². The molecule has 2 amide bonds. The average Bonchev–Trinajstić information content (AvgIpc) is 2.58. The quantitative estimate of drug-likeness (QED) is 0.786. The number of carbonyl (C=O) groups excluding carboxylic acids is 2. The first kappa shape index (κ1) is 11.8. The molecule has 0 radical (unpaired) electrons. The largest absolute Gasteiger partial charge is 0.368 e. The van der Waals surface area contributed by atoms with Gasteiger partial charge in [-0.2, -0.15) is 0 Å². The molecule has 1 aliphatic heterocycles. The fourth-order valence-electron chi connectivity index (χ4n) is 2.04. The van der Waals surface area contributed by atoms with Crippen LogP contribution in [0.15, 0.2) is 30.3 Å². The van der Waals surface area contributed by atoms with Gasteiger partial charge in [0.2, 0.25) is 5.91 Å². The Balaban J connectivity index is 2.12. The molecule has 1 heterocycles. The average molecular weight is 233 g/mol. The maximum Gasteiger partial charge on any atom is 0.256 e. The molecule has 90 valence electrons. The second kappa shape index (κ2) is 5.10. The van der Waals surface area contributed by atoms with Crippen molar-refractivity contribution in [1.29, 1.82) is 0 Å². The zero-order chi connectivity index (χ0) is 12.3. The first-order valence-electron chi connectivity index (χ1n) is 5.72. The first-order chi connectivity index (χ1) is 8.22. The van der Waals surface area contributed by atoms with Crippen LogP contribution in [0.4, 0.5) is 0 Å². The second-order valence-corrected chi connectivity index (χ2v) is 4.03. The van der Waals surface area contributed by atoms with E-state index in [1.165, 1.54) is 0 Å². The second-order valence-electron chi connectivity index (χ2n) is 4.03. The number of amides is 2. The number of carbonyl (C=O) groups is 2. The molecule has 2 rings (SSSR count). The molecule has 0 spiro atoms. The van der Waals surface area contributed by atoms with E-state index >= 15 is 0 Å². The minimum atomic E-state index is -0.646. The molecule has 1 fully saturated rings. The number of rotatable bonds is 4. The van der Waals surface area contributed by atoms with Gasteiger partial charge in [0.05, 0.1) is 5.92 Å². The Morgan fingerprint density at radius 1 is 1.18 bits per heavy atom. The Morgan fingerprint density at radius 3 is 2.53 bits per heavy atom. The maximum absolute atomic E-state index is 11.7. The molecular weight excluding hydrogens is 218 g/mol. The summed E-state index contributed by atoms with van der Waals surface area (Å²) in [6, 6.07) is 9.64. The summed E-state index contributed by atoms with van der Waals surface area (Å²) < 4.78 is 5.34. The highest BCUT2D eigenvalue weighted by molar-refractivity contribution is 6.06. The van der Waals surface area contributed by atoms with Crippen molar-refractivity contribution in [1.82, 2.24) is 5.32 Å². The molecule has 1 aromatic carbocycles. The minimum Gasteiger partial charge on any atom is -0.368 e. The van der Waals surface area contributed by atoms with Gasteiger partial charge in [0.15, 0.2) is 0 Å². The number of nitrogens with one attached hydrogen (secondary N) is 1. The summed E-state index contributed by atoms with van der Waals surface area (Å²) >= 11 is 0. The van der Waals surface area contributed by atoms with Gasteiger partial charge in [-0.25, -0.2) is 0 Å². The molecule has 1 aromatic rings. The van der Waals surface area contributed by atoms with Gasteiger partial charge in [-0.05, 0) is 18.9 Å². The van der Waals surface area contributed by atoms with Crippen LogP contribution >= 0.6 is 0 Å². The van der Waals surface area contributed by atoms with Gasteiger partial charge in [-0.15, -0.1) is 0 Å². The molecule has 0 aliphatic carbocycles. The van der Waals surface area contributed by atoms with Gasteiger partial charge < -0.3 is 4.74 Å². The lowest BCUT2D eigenvalue weighted by Crippen LogP contribution is -2.29. The van der Waals surface area contributed by atoms with Gasteiger partial charge >= 0.3 is 0 Å². The Morgan fingerprint density at radius 2 is 1.88 bits per heavy atom. The van der Waals surface area contributed by atoms with Crippen LogP contribution in [0, 0.1) is 5.92 Å². The van der Waals surface area contributed by atoms with E-state index in [4.69, 9.17) is 4.74 Å². The van der Waals surface area contributed by atoms with Gasteiger partial charge in [-0.1, -0.05) is 30.3 Å². The van der Waals surface area contributed by atoms with Gasteiger partial charge in [-0.3, -0.25) is 14.9 Å². The predicted molar refractivity (Wildman–Crippen MR) is 62.2 cm³/mol. The van der Waals surface area contributed by atoms with Crippen molar-refractivity contribution >= 4 is 11.8 Å². The maximum atomic E-state index is 11.7. The minimum absolute atomic E-state index is 0.239. The van der Waals surface area contributed by atoms with Crippen LogP contribution in [-0.4, -0.2) is 24.5 Å². The van der Waals surface area contributed by atoms with Gasteiger partial charge in [0, 0.05) is 6.61 Å². The smallest absolute Gasteiger partial charge is 0.256 e. The molecule has 0 aromatic heterocycles. The summed E-state index contributed by atoms with van der Waals surface area (Å²) in [6.45, 7) is 2.24. The van der Waals surface area contributed by atoms with E-state index in [1.807, 2.05) is 37.3 Å². The molecule has 2 unspecified atom stereocenters. The van der Waals surface area contributed by atoms with Gasteiger partial charge in [0.1, 0.15) is 6.10 Å². The lowest BCUT2D eigenvalue weighted by atomic mass is 9.96. The van der Waals surface area contributed by atoms with Crippen molar-refractivity contribution in [2.45, 2.75) is 19.4 Å². The third-order valence-electron chi connectivity index (χ3n) is 2.85. The van der Waals surface area contributed by atoms with Crippen molar-refractivity contribution in [3.05, 3.63) is 35.9 Å². The van der Waals surface area contributed by atoms with E-state index in [-0.39, 0.29) is 11.8 Å². The highest BCUT2D eigenvalue weighted by atomic mass is 16.5. The Hall–Kier alpha value is -1.68. The van der Waals surface area contributed by atoms with Crippen molar-refractivity contribution in [3.63, 3.8) is 0 Å². The summed E-state index contributed by atoms with van der Waals surface area (Å²) in [5.74, 6) is -0.972. The topological polar surface area (TPSA) is 55.4 Å². The summed E-state index contributed by atoms with van der Waals surface area (Å²) in [5, 5.41) is 2.32. The number of ether oxygens (including phenoxy) is 1. The molecule has 17 heavy (non-hydrogen) atoms. The zero-order valence-electron chi connectivity index (χ0n) is 9.68. The molecule has 1 N–H and O–H groups in total. The molecule has 1 aliphatic rings. The van der Waals surface area contributed by atoms with E-state index in [1.54, 1.807) is 0 Å². The van der Waals surface area contributed by atoms with Crippen molar-refractivity contribution < 1.29 is 14.3 Å². The Bertz CT molecular complexity index is 416. The van der Waals surface area contributed by atoms with E-state index in [9.17, 15) is 9.59 Å². The highest BCUT2D eigenvalue weighted by Gasteiger charge is 2.41. The number of hydrogen-bond donors (Lipinski definition) is 1. The standard InChI is InChI=1S/C13H15NO3/c1-2-17-11-10(12(15)14-13(11)16)8-9-6-4-3-5-7-9/h3-7,10-11H,2,8H2,1H3,(H,14,15,16). The number of benzene rings is 1. The van der Waals surface area contributed by atoms with E-state index in [0.717, 1.165) is 5.56 Å². The number of imide groups is 1. The normalized spacial score (nSPS) is 23.8. The summed E-state index contributed by atoms with van der Waals surface area (Å²) in [4.78, 5) is 23.2. The van der Waals surface area contributed by atoms with Crippen molar-refractivity contribution in [2.75, 3.05) is 6.61 Å². The predicted octanol–water partition coefficient (Wildman–Crippen LogP) is 0.907. The molecule has 0 bridgehead atoms.